The third-order valence-electron chi connectivity index (χ3n) is 4.00. The van der Waals surface area contributed by atoms with Crippen LogP contribution in [0.1, 0.15) is 61.3 Å². The maximum Gasteiger partial charge on any atom is 0.374 e. The number of benzene rings is 1. The zero-order chi connectivity index (χ0) is 18.4. The van der Waals surface area contributed by atoms with Gasteiger partial charge in [-0.05, 0) is 35.1 Å². The second kappa shape index (κ2) is 8.51. The second-order valence-electron chi connectivity index (χ2n) is 6.66. The van der Waals surface area contributed by atoms with Crippen LogP contribution in [0.25, 0.3) is 0 Å². The summed E-state index contributed by atoms with van der Waals surface area (Å²) in [5.74, 6) is -0.247. The molecule has 0 saturated carbocycles. The maximum atomic E-state index is 12.2. The summed E-state index contributed by atoms with van der Waals surface area (Å²) < 4.78 is 9.91. The molecule has 1 N–H and O–H groups in total. The van der Waals surface area contributed by atoms with Gasteiger partial charge in [0.15, 0.2) is 6.61 Å². The van der Waals surface area contributed by atoms with E-state index >= 15 is 0 Å². The van der Waals surface area contributed by atoms with Crippen LogP contribution in [0.5, 0.6) is 0 Å². The molecule has 134 valence electrons. The van der Waals surface area contributed by atoms with Crippen molar-refractivity contribution in [2.24, 2.45) is 5.92 Å². The first-order chi connectivity index (χ1) is 11.9. The first-order valence-corrected chi connectivity index (χ1v) is 8.48. The van der Waals surface area contributed by atoms with Crippen molar-refractivity contribution < 1.29 is 18.7 Å². The molecule has 0 spiro atoms. The normalized spacial score (nSPS) is 12.2. The zero-order valence-electron chi connectivity index (χ0n) is 15.1. The van der Waals surface area contributed by atoms with Crippen molar-refractivity contribution >= 4 is 11.9 Å². The van der Waals surface area contributed by atoms with E-state index in [9.17, 15) is 9.59 Å². The van der Waals surface area contributed by atoms with Gasteiger partial charge in [-0.2, -0.15) is 0 Å². The van der Waals surface area contributed by atoms with E-state index in [-0.39, 0.29) is 30.2 Å². The smallest absolute Gasteiger partial charge is 0.374 e. The SMILES string of the molecule is CC(C)c1ccc([C@H](NC(=O)COC(=O)c2ccco2)C(C)C)cc1. The molecule has 0 saturated heterocycles. The molecule has 5 heteroatoms. The quantitative estimate of drug-likeness (QED) is 0.769. The molecule has 1 aromatic carbocycles. The van der Waals surface area contributed by atoms with Crippen LogP contribution in [-0.4, -0.2) is 18.5 Å². The number of hydrogen-bond acceptors (Lipinski definition) is 4. The summed E-state index contributed by atoms with van der Waals surface area (Å²) in [6.07, 6.45) is 1.38. The predicted octanol–water partition coefficient (Wildman–Crippen LogP) is 4.07. The molecule has 0 fully saturated rings. The molecule has 0 unspecified atom stereocenters. The monoisotopic (exact) mass is 343 g/mol. The summed E-state index contributed by atoms with van der Waals surface area (Å²) >= 11 is 0. The number of rotatable bonds is 7. The Morgan fingerprint density at radius 2 is 1.68 bits per heavy atom. The molecule has 2 aromatic rings. The number of nitrogens with one attached hydrogen (secondary N) is 1. The molecule has 2 rings (SSSR count). The fourth-order valence-electron chi connectivity index (χ4n) is 2.54. The van der Waals surface area contributed by atoms with Gasteiger partial charge in [-0.25, -0.2) is 4.79 Å². The van der Waals surface area contributed by atoms with E-state index in [4.69, 9.17) is 9.15 Å². The number of carbonyl (C=O) groups is 2. The molecule has 0 aliphatic rings. The highest BCUT2D eigenvalue weighted by Gasteiger charge is 2.20. The van der Waals surface area contributed by atoms with Gasteiger partial charge in [0.1, 0.15) is 0 Å². The molecule has 5 nitrogen and oxygen atoms in total. The van der Waals surface area contributed by atoms with E-state index in [1.165, 1.54) is 17.9 Å². The van der Waals surface area contributed by atoms with E-state index in [0.717, 1.165) is 5.56 Å². The average Bonchev–Trinajstić information content (AvgIpc) is 3.12. The minimum atomic E-state index is -0.650. The first-order valence-electron chi connectivity index (χ1n) is 8.48. The summed E-state index contributed by atoms with van der Waals surface area (Å²) in [6, 6.07) is 11.2. The van der Waals surface area contributed by atoms with Crippen LogP contribution in [0.2, 0.25) is 0 Å². The van der Waals surface area contributed by atoms with Gasteiger partial charge in [0.2, 0.25) is 5.76 Å². The van der Waals surface area contributed by atoms with Crippen LogP contribution in [-0.2, 0) is 9.53 Å². The lowest BCUT2D eigenvalue weighted by atomic mass is 9.93. The molecule has 0 bridgehead atoms. The van der Waals surface area contributed by atoms with Crippen LogP contribution in [0.3, 0.4) is 0 Å². The predicted molar refractivity (Wildman–Crippen MR) is 95.2 cm³/mol. The molecule has 1 atom stereocenters. The van der Waals surface area contributed by atoms with E-state index in [2.05, 4.69) is 31.3 Å². The minimum absolute atomic E-state index is 0.0810. The molecular weight excluding hydrogens is 318 g/mol. The summed E-state index contributed by atoms with van der Waals surface area (Å²) in [6.45, 7) is 8.02. The Kier molecular flexibility index (Phi) is 6.39. The Morgan fingerprint density at radius 3 is 2.20 bits per heavy atom. The van der Waals surface area contributed by atoms with Gasteiger partial charge in [0.05, 0.1) is 12.3 Å². The number of furan rings is 1. The van der Waals surface area contributed by atoms with Gasteiger partial charge >= 0.3 is 5.97 Å². The summed E-state index contributed by atoms with van der Waals surface area (Å²) in [7, 11) is 0. The molecule has 1 amide bonds. The lowest BCUT2D eigenvalue weighted by Crippen LogP contribution is -2.35. The Hall–Kier alpha value is -2.56. The van der Waals surface area contributed by atoms with Crippen molar-refractivity contribution in [3.8, 4) is 0 Å². The van der Waals surface area contributed by atoms with Crippen molar-refractivity contribution in [2.75, 3.05) is 6.61 Å². The Labute approximate surface area is 148 Å². The first kappa shape index (κ1) is 18.8. The van der Waals surface area contributed by atoms with Crippen LogP contribution < -0.4 is 5.32 Å². The largest absolute Gasteiger partial charge is 0.457 e. The van der Waals surface area contributed by atoms with Crippen LogP contribution in [0, 0.1) is 5.92 Å². The van der Waals surface area contributed by atoms with Crippen molar-refractivity contribution in [3.05, 3.63) is 59.5 Å². The highest BCUT2D eigenvalue weighted by Crippen LogP contribution is 2.24. The zero-order valence-corrected chi connectivity index (χ0v) is 15.1. The fourth-order valence-corrected chi connectivity index (χ4v) is 2.54. The average molecular weight is 343 g/mol. The number of amides is 1. The highest BCUT2D eigenvalue weighted by molar-refractivity contribution is 5.88. The Balaban J connectivity index is 1.96. The van der Waals surface area contributed by atoms with Gasteiger partial charge in [-0.3, -0.25) is 4.79 Å². The molecular formula is C20H25NO4. The van der Waals surface area contributed by atoms with E-state index in [1.54, 1.807) is 6.07 Å². The molecule has 0 radical (unpaired) electrons. The number of esters is 1. The molecule has 0 aliphatic heterocycles. The van der Waals surface area contributed by atoms with Gasteiger partial charge < -0.3 is 14.5 Å². The third-order valence-corrected chi connectivity index (χ3v) is 4.00. The van der Waals surface area contributed by atoms with Gasteiger partial charge in [0.25, 0.3) is 5.91 Å². The lowest BCUT2D eigenvalue weighted by molar-refractivity contribution is -0.125. The fraction of sp³-hybridized carbons (Fsp3) is 0.400. The Morgan fingerprint density at radius 1 is 1.04 bits per heavy atom. The molecule has 25 heavy (non-hydrogen) atoms. The summed E-state index contributed by atoms with van der Waals surface area (Å²) in [5.41, 5.74) is 2.29. The molecule has 1 aromatic heterocycles. The van der Waals surface area contributed by atoms with Crippen molar-refractivity contribution in [1.82, 2.24) is 5.32 Å². The van der Waals surface area contributed by atoms with Crippen LogP contribution in [0.4, 0.5) is 0 Å². The van der Waals surface area contributed by atoms with Gasteiger partial charge in [0, 0.05) is 0 Å². The van der Waals surface area contributed by atoms with Gasteiger partial charge in [-0.1, -0.05) is 52.0 Å². The van der Waals surface area contributed by atoms with Crippen molar-refractivity contribution in [2.45, 2.75) is 39.7 Å². The third kappa shape index (κ3) is 5.21. The second-order valence-corrected chi connectivity index (χ2v) is 6.66. The summed E-state index contributed by atoms with van der Waals surface area (Å²) in [5, 5.41) is 2.94. The summed E-state index contributed by atoms with van der Waals surface area (Å²) in [4.78, 5) is 23.9. The van der Waals surface area contributed by atoms with Crippen LogP contribution in [0.15, 0.2) is 47.1 Å². The molecule has 0 aliphatic carbocycles. The molecule has 1 heterocycles. The van der Waals surface area contributed by atoms with E-state index < -0.39 is 5.97 Å². The van der Waals surface area contributed by atoms with Gasteiger partial charge in [-0.15, -0.1) is 0 Å². The topological polar surface area (TPSA) is 68.5 Å². The Bertz CT molecular complexity index is 687. The lowest BCUT2D eigenvalue weighted by Gasteiger charge is -2.23. The number of hydrogen-bond donors (Lipinski definition) is 1. The van der Waals surface area contributed by atoms with Crippen LogP contribution >= 0.6 is 0 Å². The minimum Gasteiger partial charge on any atom is -0.457 e. The van der Waals surface area contributed by atoms with Crippen molar-refractivity contribution in [3.63, 3.8) is 0 Å². The number of carbonyl (C=O) groups excluding carboxylic acids is 2. The van der Waals surface area contributed by atoms with E-state index in [0.29, 0.717) is 5.92 Å². The number of ether oxygens (including phenoxy) is 1. The highest BCUT2D eigenvalue weighted by atomic mass is 16.5. The standard InChI is InChI=1S/C20H25NO4/c1-13(2)15-7-9-16(10-8-15)19(14(3)4)21-18(22)12-25-20(23)17-6-5-11-24-17/h5-11,13-14,19H,12H2,1-4H3,(H,21,22)/t19-/m1/s1. The van der Waals surface area contributed by atoms with Crippen molar-refractivity contribution in [1.29, 1.82) is 0 Å². The maximum absolute atomic E-state index is 12.2. The van der Waals surface area contributed by atoms with E-state index in [1.807, 2.05) is 26.0 Å².